The number of benzene rings is 1. The highest BCUT2D eigenvalue weighted by Crippen LogP contribution is 2.21. The minimum Gasteiger partial charge on any atom is -0.391 e. The Bertz CT molecular complexity index is 759. The Hall–Kier alpha value is -2.58. The maximum absolute atomic E-state index is 12.9. The molecule has 0 radical (unpaired) electrons. The molecule has 1 aromatic rings. The van der Waals surface area contributed by atoms with Crippen molar-refractivity contribution in [1.82, 2.24) is 9.80 Å². The second kappa shape index (κ2) is 9.57. The number of hydrogen-bond acceptors (Lipinski definition) is 6. The fourth-order valence-electron chi connectivity index (χ4n) is 2.64. The van der Waals surface area contributed by atoms with Gasteiger partial charge in [-0.1, -0.05) is 0 Å². The second-order valence-electron chi connectivity index (χ2n) is 7.07. The van der Waals surface area contributed by atoms with Gasteiger partial charge in [0.2, 0.25) is 6.41 Å². The molecule has 0 aliphatic heterocycles. The Morgan fingerprint density at radius 3 is 1.89 bits per heavy atom. The van der Waals surface area contributed by atoms with Crippen LogP contribution in [-0.4, -0.2) is 75.9 Å². The van der Waals surface area contributed by atoms with Crippen molar-refractivity contribution in [3.8, 4) is 0 Å². The van der Waals surface area contributed by atoms with Gasteiger partial charge in [-0.05, 0) is 52.3 Å². The van der Waals surface area contributed by atoms with E-state index in [2.05, 4.69) is 0 Å². The predicted molar refractivity (Wildman–Crippen MR) is 103 cm³/mol. The zero-order valence-electron chi connectivity index (χ0n) is 17.0. The van der Waals surface area contributed by atoms with Gasteiger partial charge < -0.3 is 15.1 Å². The van der Waals surface area contributed by atoms with Gasteiger partial charge in [-0.3, -0.25) is 24.1 Å². The molecule has 4 atom stereocenters. The standard InChI is InChI=1S/C20H28N2O6/c1-11-7-16(9-23)18(19(27)21(6)12(2)14(4)25)8-17(11)20(28)22(10-24)13(3)15(5)26/h7-10,12-15,25-26H,1-6H3. The Morgan fingerprint density at radius 1 is 0.929 bits per heavy atom. The molecule has 154 valence electrons. The molecule has 1 aromatic carbocycles. The summed E-state index contributed by atoms with van der Waals surface area (Å²) < 4.78 is 0. The third kappa shape index (κ3) is 4.82. The molecule has 2 N–H and O–H groups in total. The molecule has 8 heteroatoms. The van der Waals surface area contributed by atoms with E-state index in [9.17, 15) is 29.4 Å². The van der Waals surface area contributed by atoms with E-state index < -0.39 is 36.1 Å². The van der Waals surface area contributed by atoms with Crippen LogP contribution in [0.4, 0.5) is 0 Å². The largest absolute Gasteiger partial charge is 0.391 e. The maximum Gasteiger partial charge on any atom is 0.260 e. The summed E-state index contributed by atoms with van der Waals surface area (Å²) in [6.07, 6.45) is -0.887. The van der Waals surface area contributed by atoms with E-state index in [1.165, 1.54) is 37.9 Å². The first-order valence-corrected chi connectivity index (χ1v) is 8.98. The van der Waals surface area contributed by atoms with E-state index in [1.54, 1.807) is 20.8 Å². The predicted octanol–water partition coefficient (Wildman–Crippen LogP) is 1.02. The minimum absolute atomic E-state index is 0.00509. The van der Waals surface area contributed by atoms with E-state index in [1.807, 2.05) is 0 Å². The second-order valence-corrected chi connectivity index (χ2v) is 7.07. The smallest absolute Gasteiger partial charge is 0.260 e. The van der Waals surface area contributed by atoms with Crippen LogP contribution in [0, 0.1) is 6.92 Å². The highest BCUT2D eigenvalue weighted by atomic mass is 16.3. The molecule has 0 saturated heterocycles. The van der Waals surface area contributed by atoms with Gasteiger partial charge in [-0.25, -0.2) is 0 Å². The van der Waals surface area contributed by atoms with Gasteiger partial charge in [0.1, 0.15) is 0 Å². The SMILES string of the molecule is Cc1cc(C=O)c(C(=O)N(C)C(C)C(C)O)cc1C(=O)N(C=O)C(C)C(C)O. The summed E-state index contributed by atoms with van der Waals surface area (Å²) in [5.74, 6) is -1.22. The Labute approximate surface area is 164 Å². The molecular formula is C20H28N2O6. The summed E-state index contributed by atoms with van der Waals surface area (Å²) >= 11 is 0. The van der Waals surface area contributed by atoms with Gasteiger partial charge in [0.15, 0.2) is 6.29 Å². The number of aryl methyl sites for hydroxylation is 1. The van der Waals surface area contributed by atoms with Gasteiger partial charge in [-0.15, -0.1) is 0 Å². The van der Waals surface area contributed by atoms with Gasteiger partial charge in [0.25, 0.3) is 11.8 Å². The Morgan fingerprint density at radius 2 is 1.46 bits per heavy atom. The number of carbonyl (C=O) groups is 4. The van der Waals surface area contributed by atoms with Crippen molar-refractivity contribution in [1.29, 1.82) is 0 Å². The van der Waals surface area contributed by atoms with Gasteiger partial charge in [0, 0.05) is 18.2 Å². The molecular weight excluding hydrogens is 364 g/mol. The van der Waals surface area contributed by atoms with Crippen LogP contribution in [0.15, 0.2) is 12.1 Å². The van der Waals surface area contributed by atoms with Crippen molar-refractivity contribution in [2.24, 2.45) is 0 Å². The molecule has 8 nitrogen and oxygen atoms in total. The first-order valence-electron chi connectivity index (χ1n) is 8.98. The van der Waals surface area contributed by atoms with Crippen LogP contribution in [-0.2, 0) is 4.79 Å². The molecule has 3 amide bonds. The van der Waals surface area contributed by atoms with Crippen LogP contribution in [0.2, 0.25) is 0 Å². The van der Waals surface area contributed by atoms with Crippen LogP contribution in [0.5, 0.6) is 0 Å². The molecule has 0 saturated carbocycles. The first-order chi connectivity index (χ1) is 13.0. The van der Waals surface area contributed by atoms with Crippen LogP contribution >= 0.6 is 0 Å². The van der Waals surface area contributed by atoms with Crippen molar-refractivity contribution in [3.63, 3.8) is 0 Å². The van der Waals surface area contributed by atoms with Gasteiger partial charge >= 0.3 is 0 Å². The fourth-order valence-corrected chi connectivity index (χ4v) is 2.64. The number of aliphatic hydroxyl groups excluding tert-OH is 2. The average molecular weight is 392 g/mol. The van der Waals surface area contributed by atoms with E-state index in [-0.39, 0.29) is 16.7 Å². The molecule has 28 heavy (non-hydrogen) atoms. The highest BCUT2D eigenvalue weighted by molar-refractivity contribution is 6.07. The average Bonchev–Trinajstić information content (AvgIpc) is 2.65. The van der Waals surface area contributed by atoms with E-state index >= 15 is 0 Å². The molecule has 0 heterocycles. The number of imide groups is 1. The highest BCUT2D eigenvalue weighted by Gasteiger charge is 2.28. The van der Waals surface area contributed by atoms with Crippen molar-refractivity contribution in [2.45, 2.75) is 58.9 Å². The Kier molecular flexibility index (Phi) is 8.01. The van der Waals surface area contributed by atoms with E-state index in [4.69, 9.17) is 0 Å². The normalized spacial score (nSPS) is 15.1. The first kappa shape index (κ1) is 23.5. The van der Waals surface area contributed by atoms with E-state index in [0.29, 0.717) is 18.3 Å². The number of rotatable bonds is 8. The molecule has 4 unspecified atom stereocenters. The van der Waals surface area contributed by atoms with Crippen molar-refractivity contribution >= 4 is 24.5 Å². The number of aldehydes is 1. The van der Waals surface area contributed by atoms with Crippen molar-refractivity contribution in [3.05, 3.63) is 34.4 Å². The molecule has 0 bridgehead atoms. The van der Waals surface area contributed by atoms with Gasteiger partial charge in [-0.2, -0.15) is 0 Å². The van der Waals surface area contributed by atoms with Crippen LogP contribution in [0.1, 0.15) is 64.3 Å². The molecule has 0 fully saturated rings. The van der Waals surface area contributed by atoms with E-state index in [0.717, 1.165) is 4.90 Å². The summed E-state index contributed by atoms with van der Waals surface area (Å²) in [7, 11) is 1.49. The van der Waals surface area contributed by atoms with Crippen LogP contribution < -0.4 is 0 Å². The molecule has 0 aliphatic carbocycles. The number of amides is 3. The summed E-state index contributed by atoms with van der Waals surface area (Å²) in [5.41, 5.74) is 0.589. The quantitative estimate of drug-likeness (QED) is 0.638. The monoisotopic (exact) mass is 392 g/mol. The number of likely N-dealkylation sites (N-methyl/N-ethyl adjacent to an activating group) is 1. The summed E-state index contributed by atoms with van der Waals surface area (Å²) in [4.78, 5) is 50.8. The lowest BCUT2D eigenvalue weighted by Gasteiger charge is -2.28. The summed E-state index contributed by atoms with van der Waals surface area (Å²) in [6.45, 7) is 7.77. The lowest BCUT2D eigenvalue weighted by molar-refractivity contribution is -0.119. The van der Waals surface area contributed by atoms with Crippen LogP contribution in [0.3, 0.4) is 0 Å². The number of hydrogen-bond donors (Lipinski definition) is 2. The number of nitrogens with zero attached hydrogens (tertiary/aromatic N) is 2. The van der Waals surface area contributed by atoms with Crippen LogP contribution in [0.25, 0.3) is 0 Å². The zero-order valence-corrected chi connectivity index (χ0v) is 17.0. The Balaban J connectivity index is 3.47. The molecule has 0 spiro atoms. The fraction of sp³-hybridized carbons (Fsp3) is 0.500. The lowest BCUT2D eigenvalue weighted by atomic mass is 9.97. The number of carbonyl (C=O) groups excluding carboxylic acids is 4. The van der Waals surface area contributed by atoms with Crippen molar-refractivity contribution in [2.75, 3.05) is 7.05 Å². The summed E-state index contributed by atoms with van der Waals surface area (Å²) in [5, 5.41) is 19.4. The molecule has 0 aliphatic rings. The third-order valence-electron chi connectivity index (χ3n) is 5.10. The number of aliphatic hydroxyl groups is 2. The van der Waals surface area contributed by atoms with Gasteiger partial charge in [0.05, 0.1) is 29.9 Å². The molecule has 0 aromatic heterocycles. The minimum atomic E-state index is -0.942. The topological polar surface area (TPSA) is 115 Å². The summed E-state index contributed by atoms with van der Waals surface area (Å²) in [6, 6.07) is 1.39. The zero-order chi connectivity index (χ0) is 21.8. The third-order valence-corrected chi connectivity index (χ3v) is 5.10. The maximum atomic E-state index is 12.9. The van der Waals surface area contributed by atoms with Crippen molar-refractivity contribution < 1.29 is 29.4 Å². The molecule has 1 rings (SSSR count). The lowest BCUT2D eigenvalue weighted by Crippen LogP contribution is -2.44.